The van der Waals surface area contributed by atoms with Gasteiger partial charge in [0.05, 0.1) is 6.10 Å². The van der Waals surface area contributed by atoms with E-state index < -0.39 is 11.9 Å². The molecule has 24 heavy (non-hydrogen) atoms. The number of ether oxygens (including phenoxy) is 1. The van der Waals surface area contributed by atoms with Gasteiger partial charge in [-0.15, -0.1) is 0 Å². The lowest BCUT2D eigenvalue weighted by Crippen LogP contribution is -2.15. The van der Waals surface area contributed by atoms with Crippen molar-refractivity contribution in [1.82, 2.24) is 4.98 Å². The number of carboxylic acids is 1. The first kappa shape index (κ1) is 16.0. The van der Waals surface area contributed by atoms with Gasteiger partial charge < -0.3 is 15.2 Å². The number of aromatic carboxylic acids is 1. The van der Waals surface area contributed by atoms with Crippen molar-refractivity contribution in [1.29, 1.82) is 0 Å². The average Bonchev–Trinajstić information content (AvgIpc) is 3.10. The summed E-state index contributed by atoms with van der Waals surface area (Å²) in [6.07, 6.45) is 4.88. The van der Waals surface area contributed by atoms with Crippen LogP contribution >= 0.6 is 0 Å². The number of pyridine rings is 1. The van der Waals surface area contributed by atoms with Gasteiger partial charge >= 0.3 is 5.97 Å². The number of rotatable bonds is 5. The molecule has 1 fully saturated rings. The molecule has 1 aliphatic rings. The highest BCUT2D eigenvalue weighted by atomic mass is 16.5. The van der Waals surface area contributed by atoms with E-state index in [1.807, 2.05) is 12.1 Å². The van der Waals surface area contributed by atoms with Gasteiger partial charge in [0.1, 0.15) is 17.1 Å². The standard InChI is InChI=1S/C18H18N2O4/c21-17(15-6-3-7-16(20-15)18(22)23)19-12-8-10-14(11-9-12)24-13-4-1-2-5-13/h3,6-11,13H,1-2,4-5H2,(H,19,21)(H,22,23). The number of carbonyl (C=O) groups excluding carboxylic acids is 1. The Bertz CT molecular complexity index is 737. The van der Waals surface area contributed by atoms with Gasteiger partial charge in [-0.05, 0) is 62.1 Å². The number of carbonyl (C=O) groups is 2. The minimum absolute atomic E-state index is 0.0567. The molecular weight excluding hydrogens is 308 g/mol. The lowest BCUT2D eigenvalue weighted by atomic mass is 10.2. The summed E-state index contributed by atoms with van der Waals surface area (Å²) in [5.74, 6) is -0.841. The Hall–Kier alpha value is -2.89. The summed E-state index contributed by atoms with van der Waals surface area (Å²) in [6.45, 7) is 0. The molecule has 3 rings (SSSR count). The van der Waals surface area contributed by atoms with E-state index in [1.54, 1.807) is 12.1 Å². The number of aromatic nitrogens is 1. The van der Waals surface area contributed by atoms with Crippen LogP contribution in [0, 0.1) is 0 Å². The maximum absolute atomic E-state index is 12.2. The van der Waals surface area contributed by atoms with Crippen molar-refractivity contribution < 1.29 is 19.4 Å². The van der Waals surface area contributed by atoms with Crippen molar-refractivity contribution >= 4 is 17.6 Å². The second-order valence-corrected chi connectivity index (χ2v) is 5.72. The highest BCUT2D eigenvalue weighted by Gasteiger charge is 2.16. The highest BCUT2D eigenvalue weighted by molar-refractivity contribution is 6.03. The number of anilines is 1. The van der Waals surface area contributed by atoms with E-state index >= 15 is 0 Å². The first-order chi connectivity index (χ1) is 11.6. The quantitative estimate of drug-likeness (QED) is 0.879. The molecule has 1 aromatic carbocycles. The van der Waals surface area contributed by atoms with Gasteiger partial charge in [0, 0.05) is 5.69 Å². The molecular formula is C18H18N2O4. The topological polar surface area (TPSA) is 88.5 Å². The predicted molar refractivity (Wildman–Crippen MR) is 88.5 cm³/mol. The Balaban J connectivity index is 1.63. The van der Waals surface area contributed by atoms with E-state index in [1.165, 1.54) is 31.0 Å². The minimum atomic E-state index is -1.17. The van der Waals surface area contributed by atoms with Gasteiger partial charge in [0.25, 0.3) is 5.91 Å². The first-order valence-electron chi connectivity index (χ1n) is 7.90. The molecule has 124 valence electrons. The van der Waals surface area contributed by atoms with Crippen LogP contribution in [0.4, 0.5) is 5.69 Å². The number of hydrogen-bond donors (Lipinski definition) is 2. The Morgan fingerprint density at radius 3 is 2.38 bits per heavy atom. The highest BCUT2D eigenvalue weighted by Crippen LogP contribution is 2.25. The van der Waals surface area contributed by atoms with Crippen LogP contribution < -0.4 is 10.1 Å². The summed E-state index contributed by atoms with van der Waals surface area (Å²) in [4.78, 5) is 26.9. The molecule has 1 aliphatic carbocycles. The van der Waals surface area contributed by atoms with E-state index in [0.29, 0.717) is 5.69 Å². The lowest BCUT2D eigenvalue weighted by molar-refractivity contribution is 0.0690. The SMILES string of the molecule is O=C(O)c1cccc(C(=O)Nc2ccc(OC3CCCC3)cc2)n1. The zero-order valence-corrected chi connectivity index (χ0v) is 13.1. The van der Waals surface area contributed by atoms with E-state index in [-0.39, 0.29) is 17.5 Å². The fourth-order valence-corrected chi connectivity index (χ4v) is 2.69. The number of hydrogen-bond acceptors (Lipinski definition) is 4. The van der Waals surface area contributed by atoms with E-state index in [2.05, 4.69) is 10.3 Å². The van der Waals surface area contributed by atoms with Crippen molar-refractivity contribution in [3.8, 4) is 5.75 Å². The van der Waals surface area contributed by atoms with E-state index in [0.717, 1.165) is 18.6 Å². The van der Waals surface area contributed by atoms with Crippen LogP contribution in [0.1, 0.15) is 46.7 Å². The second-order valence-electron chi connectivity index (χ2n) is 5.72. The van der Waals surface area contributed by atoms with Crippen LogP contribution in [0.25, 0.3) is 0 Å². The van der Waals surface area contributed by atoms with E-state index in [9.17, 15) is 9.59 Å². The number of benzene rings is 1. The largest absolute Gasteiger partial charge is 0.490 e. The molecule has 0 radical (unpaired) electrons. The molecule has 1 saturated carbocycles. The maximum Gasteiger partial charge on any atom is 0.354 e. The third kappa shape index (κ3) is 3.90. The molecule has 1 aromatic heterocycles. The molecule has 6 heteroatoms. The van der Waals surface area contributed by atoms with Crippen molar-refractivity contribution in [2.45, 2.75) is 31.8 Å². The predicted octanol–water partition coefficient (Wildman–Crippen LogP) is 3.35. The monoisotopic (exact) mass is 326 g/mol. The van der Waals surface area contributed by atoms with Gasteiger partial charge in [0.2, 0.25) is 0 Å². The molecule has 0 spiro atoms. The zero-order valence-electron chi connectivity index (χ0n) is 13.1. The smallest absolute Gasteiger partial charge is 0.354 e. The lowest BCUT2D eigenvalue weighted by Gasteiger charge is -2.13. The second kappa shape index (κ2) is 7.12. The molecule has 1 heterocycles. The first-order valence-corrected chi connectivity index (χ1v) is 7.90. The van der Waals surface area contributed by atoms with Crippen LogP contribution in [-0.2, 0) is 0 Å². The zero-order chi connectivity index (χ0) is 16.9. The van der Waals surface area contributed by atoms with Crippen LogP contribution in [0.2, 0.25) is 0 Å². The summed E-state index contributed by atoms with van der Waals surface area (Å²) in [5.41, 5.74) is 0.491. The molecule has 6 nitrogen and oxygen atoms in total. The molecule has 2 aromatic rings. The van der Waals surface area contributed by atoms with E-state index in [4.69, 9.17) is 9.84 Å². The van der Waals surface area contributed by atoms with Crippen molar-refractivity contribution in [2.24, 2.45) is 0 Å². The van der Waals surface area contributed by atoms with Gasteiger partial charge in [-0.3, -0.25) is 4.79 Å². The Labute approximate surface area is 139 Å². The third-order valence-electron chi connectivity index (χ3n) is 3.92. The summed E-state index contributed by atoms with van der Waals surface area (Å²) in [6, 6.07) is 11.4. The Morgan fingerprint density at radius 1 is 1.04 bits per heavy atom. The molecule has 0 saturated heterocycles. The summed E-state index contributed by atoms with van der Waals surface area (Å²) >= 11 is 0. The van der Waals surface area contributed by atoms with Crippen LogP contribution in [0.15, 0.2) is 42.5 Å². The van der Waals surface area contributed by atoms with Crippen LogP contribution in [0.5, 0.6) is 5.75 Å². The Morgan fingerprint density at radius 2 is 1.71 bits per heavy atom. The fourth-order valence-electron chi connectivity index (χ4n) is 2.69. The normalized spacial score (nSPS) is 14.3. The third-order valence-corrected chi connectivity index (χ3v) is 3.92. The van der Waals surface area contributed by atoms with Crippen molar-refractivity contribution in [2.75, 3.05) is 5.32 Å². The number of carboxylic acid groups (broad SMARTS) is 1. The summed E-state index contributed by atoms with van der Waals surface area (Å²) < 4.78 is 5.87. The molecule has 0 atom stereocenters. The van der Waals surface area contributed by atoms with Gasteiger partial charge in [-0.25, -0.2) is 9.78 Å². The van der Waals surface area contributed by atoms with Gasteiger partial charge in [-0.1, -0.05) is 6.07 Å². The number of amides is 1. The Kier molecular flexibility index (Phi) is 4.74. The average molecular weight is 326 g/mol. The maximum atomic E-state index is 12.2. The minimum Gasteiger partial charge on any atom is -0.490 e. The molecule has 0 unspecified atom stereocenters. The molecule has 1 amide bonds. The summed E-state index contributed by atoms with van der Waals surface area (Å²) in [5, 5.41) is 11.6. The van der Waals surface area contributed by atoms with Crippen molar-refractivity contribution in [3.05, 3.63) is 53.9 Å². The fraction of sp³-hybridized carbons (Fsp3) is 0.278. The number of nitrogens with zero attached hydrogens (tertiary/aromatic N) is 1. The number of nitrogens with one attached hydrogen (secondary N) is 1. The van der Waals surface area contributed by atoms with Gasteiger partial charge in [-0.2, -0.15) is 0 Å². The van der Waals surface area contributed by atoms with Crippen LogP contribution in [0.3, 0.4) is 0 Å². The van der Waals surface area contributed by atoms with Gasteiger partial charge in [0.15, 0.2) is 0 Å². The van der Waals surface area contributed by atoms with Crippen LogP contribution in [-0.4, -0.2) is 28.1 Å². The molecule has 2 N–H and O–H groups in total. The summed E-state index contributed by atoms with van der Waals surface area (Å²) in [7, 11) is 0. The molecule has 0 aliphatic heterocycles. The van der Waals surface area contributed by atoms with Crippen molar-refractivity contribution in [3.63, 3.8) is 0 Å². The molecule has 0 bridgehead atoms.